The van der Waals surface area contributed by atoms with Gasteiger partial charge in [-0.2, -0.15) is 0 Å². The third kappa shape index (κ3) is 6.04. The third-order valence-electron chi connectivity index (χ3n) is 3.04. The van der Waals surface area contributed by atoms with E-state index in [0.29, 0.717) is 12.1 Å². The highest BCUT2D eigenvalue weighted by atomic mass is 19.1. The van der Waals surface area contributed by atoms with Crippen molar-refractivity contribution in [1.82, 2.24) is 4.90 Å². The second kappa shape index (κ2) is 7.31. The number of hydrogen-bond donors (Lipinski definition) is 1. The van der Waals surface area contributed by atoms with Crippen molar-refractivity contribution in [2.24, 2.45) is 0 Å². The summed E-state index contributed by atoms with van der Waals surface area (Å²) in [6, 6.07) is 5.27. The Morgan fingerprint density at radius 1 is 1.19 bits per heavy atom. The molecule has 1 N–H and O–H groups in total. The average Bonchev–Trinajstić information content (AvgIpc) is 2.41. The Balaban J connectivity index is 2.55. The van der Waals surface area contributed by atoms with E-state index < -0.39 is 11.4 Å². The van der Waals surface area contributed by atoms with Crippen molar-refractivity contribution in [2.75, 3.05) is 13.1 Å². The Hall–Kier alpha value is -1.75. The standard InChI is InChI=1S/C16H22FNO3/c1-4-18(11-16(2,3)21)15(20)10-9-14(19)12-5-7-13(17)8-6-12/h5-8,21H,4,9-11H2,1-3H3. The van der Waals surface area contributed by atoms with Gasteiger partial charge < -0.3 is 10.0 Å². The van der Waals surface area contributed by atoms with E-state index in [2.05, 4.69) is 0 Å². The number of carbonyl (C=O) groups excluding carboxylic acids is 2. The molecule has 0 heterocycles. The summed E-state index contributed by atoms with van der Waals surface area (Å²) in [5, 5.41) is 9.75. The van der Waals surface area contributed by atoms with Gasteiger partial charge in [0.05, 0.1) is 5.60 Å². The molecule has 1 aromatic rings. The summed E-state index contributed by atoms with van der Waals surface area (Å²) < 4.78 is 12.8. The molecule has 0 atom stereocenters. The third-order valence-corrected chi connectivity index (χ3v) is 3.04. The van der Waals surface area contributed by atoms with E-state index in [9.17, 15) is 19.1 Å². The summed E-state index contributed by atoms with van der Waals surface area (Å²) in [5.74, 6) is -0.761. The Morgan fingerprint density at radius 3 is 2.24 bits per heavy atom. The molecule has 0 fully saturated rings. The number of aliphatic hydroxyl groups is 1. The SMILES string of the molecule is CCN(CC(C)(C)O)C(=O)CCC(=O)c1ccc(F)cc1. The normalized spacial score (nSPS) is 11.3. The van der Waals surface area contributed by atoms with Crippen LogP contribution in [0.2, 0.25) is 0 Å². The molecule has 1 amide bonds. The summed E-state index contributed by atoms with van der Waals surface area (Å²) in [7, 11) is 0. The molecule has 0 aliphatic carbocycles. The Kier molecular flexibility index (Phi) is 6.03. The number of benzene rings is 1. The maximum absolute atomic E-state index is 12.8. The van der Waals surface area contributed by atoms with Crippen LogP contribution in [0.15, 0.2) is 24.3 Å². The summed E-state index contributed by atoms with van der Waals surface area (Å²) in [6.45, 7) is 5.80. The van der Waals surface area contributed by atoms with Gasteiger partial charge in [0, 0.05) is 31.5 Å². The molecule has 116 valence electrons. The monoisotopic (exact) mass is 295 g/mol. The number of carbonyl (C=O) groups is 2. The number of amides is 1. The van der Waals surface area contributed by atoms with Crippen molar-refractivity contribution in [3.63, 3.8) is 0 Å². The molecule has 1 aromatic carbocycles. The molecule has 0 aliphatic heterocycles. The molecular formula is C16H22FNO3. The van der Waals surface area contributed by atoms with Gasteiger partial charge in [-0.1, -0.05) is 0 Å². The van der Waals surface area contributed by atoms with Crippen LogP contribution in [0.25, 0.3) is 0 Å². The topological polar surface area (TPSA) is 57.6 Å². The molecular weight excluding hydrogens is 273 g/mol. The van der Waals surface area contributed by atoms with Gasteiger partial charge in [0.25, 0.3) is 0 Å². The van der Waals surface area contributed by atoms with E-state index in [4.69, 9.17) is 0 Å². The second-order valence-electron chi connectivity index (χ2n) is 5.65. The highest BCUT2D eigenvalue weighted by Crippen LogP contribution is 2.10. The minimum Gasteiger partial charge on any atom is -0.389 e. The molecule has 4 nitrogen and oxygen atoms in total. The molecule has 0 aromatic heterocycles. The molecule has 0 bridgehead atoms. The van der Waals surface area contributed by atoms with Crippen LogP contribution in [-0.4, -0.2) is 40.4 Å². The number of Topliss-reactive ketones (excluding diaryl/α,β-unsaturated/α-hetero) is 1. The molecule has 0 aliphatic rings. The fourth-order valence-corrected chi connectivity index (χ4v) is 2.00. The molecule has 0 radical (unpaired) electrons. The van der Waals surface area contributed by atoms with E-state index in [1.54, 1.807) is 13.8 Å². The summed E-state index contributed by atoms with van der Waals surface area (Å²) in [6.07, 6.45) is 0.160. The highest BCUT2D eigenvalue weighted by Gasteiger charge is 2.21. The van der Waals surface area contributed by atoms with Gasteiger partial charge in [0.1, 0.15) is 5.82 Å². The lowest BCUT2D eigenvalue weighted by molar-refractivity contribution is -0.133. The van der Waals surface area contributed by atoms with Crippen molar-refractivity contribution >= 4 is 11.7 Å². The minimum atomic E-state index is -0.966. The fourth-order valence-electron chi connectivity index (χ4n) is 2.00. The molecule has 0 saturated heterocycles. The maximum atomic E-state index is 12.8. The molecule has 21 heavy (non-hydrogen) atoms. The maximum Gasteiger partial charge on any atom is 0.223 e. The van der Waals surface area contributed by atoms with E-state index in [-0.39, 0.29) is 31.1 Å². The lowest BCUT2D eigenvalue weighted by Gasteiger charge is -2.28. The predicted molar refractivity (Wildman–Crippen MR) is 78.5 cm³/mol. The first-order valence-corrected chi connectivity index (χ1v) is 7.02. The minimum absolute atomic E-state index is 0.0762. The first-order valence-electron chi connectivity index (χ1n) is 7.02. The fraction of sp³-hybridized carbons (Fsp3) is 0.500. The van der Waals surface area contributed by atoms with Crippen LogP contribution in [0, 0.1) is 5.82 Å². The molecule has 1 rings (SSSR count). The number of nitrogens with zero attached hydrogens (tertiary/aromatic N) is 1. The van der Waals surface area contributed by atoms with Crippen LogP contribution < -0.4 is 0 Å². The lowest BCUT2D eigenvalue weighted by atomic mass is 10.1. The van der Waals surface area contributed by atoms with Crippen molar-refractivity contribution in [1.29, 1.82) is 0 Å². The smallest absolute Gasteiger partial charge is 0.223 e. The Bertz CT molecular complexity index is 491. The summed E-state index contributed by atoms with van der Waals surface area (Å²) >= 11 is 0. The number of ketones is 1. The van der Waals surface area contributed by atoms with Gasteiger partial charge in [-0.3, -0.25) is 9.59 Å². The molecule has 0 spiro atoms. The lowest BCUT2D eigenvalue weighted by Crippen LogP contribution is -2.42. The average molecular weight is 295 g/mol. The Labute approximate surface area is 124 Å². The number of rotatable bonds is 7. The van der Waals surface area contributed by atoms with Gasteiger partial charge in [-0.05, 0) is 45.0 Å². The van der Waals surface area contributed by atoms with E-state index in [1.807, 2.05) is 6.92 Å². The number of halogens is 1. The summed E-state index contributed by atoms with van der Waals surface area (Å²) in [4.78, 5) is 25.5. The number of likely N-dealkylation sites (N-methyl/N-ethyl adjacent to an activating group) is 1. The zero-order chi connectivity index (χ0) is 16.0. The highest BCUT2D eigenvalue weighted by molar-refractivity contribution is 5.97. The van der Waals surface area contributed by atoms with Crippen LogP contribution in [-0.2, 0) is 4.79 Å². The van der Waals surface area contributed by atoms with Crippen molar-refractivity contribution < 1.29 is 19.1 Å². The van der Waals surface area contributed by atoms with Crippen LogP contribution in [0.5, 0.6) is 0 Å². The zero-order valence-corrected chi connectivity index (χ0v) is 12.7. The van der Waals surface area contributed by atoms with Gasteiger partial charge in [0.2, 0.25) is 5.91 Å². The van der Waals surface area contributed by atoms with Gasteiger partial charge in [-0.15, -0.1) is 0 Å². The van der Waals surface area contributed by atoms with Crippen molar-refractivity contribution in [3.05, 3.63) is 35.6 Å². The zero-order valence-electron chi connectivity index (χ0n) is 12.7. The first-order chi connectivity index (χ1) is 9.73. The quantitative estimate of drug-likeness (QED) is 0.786. The van der Waals surface area contributed by atoms with E-state index >= 15 is 0 Å². The summed E-state index contributed by atoms with van der Waals surface area (Å²) in [5.41, 5.74) is -0.568. The van der Waals surface area contributed by atoms with Gasteiger partial charge in [0.15, 0.2) is 5.78 Å². The Morgan fingerprint density at radius 2 is 1.76 bits per heavy atom. The van der Waals surface area contributed by atoms with Crippen LogP contribution in [0.3, 0.4) is 0 Å². The van der Waals surface area contributed by atoms with Gasteiger partial charge in [-0.25, -0.2) is 4.39 Å². The van der Waals surface area contributed by atoms with Crippen LogP contribution >= 0.6 is 0 Å². The van der Waals surface area contributed by atoms with E-state index in [1.165, 1.54) is 29.2 Å². The second-order valence-corrected chi connectivity index (χ2v) is 5.65. The van der Waals surface area contributed by atoms with Crippen molar-refractivity contribution in [2.45, 2.75) is 39.2 Å². The molecule has 5 heteroatoms. The molecule has 0 unspecified atom stereocenters. The van der Waals surface area contributed by atoms with Crippen LogP contribution in [0.1, 0.15) is 44.0 Å². The predicted octanol–water partition coefficient (Wildman–Crippen LogP) is 2.41. The largest absolute Gasteiger partial charge is 0.389 e. The van der Waals surface area contributed by atoms with Gasteiger partial charge >= 0.3 is 0 Å². The number of hydrogen-bond acceptors (Lipinski definition) is 3. The molecule has 0 saturated carbocycles. The first kappa shape index (κ1) is 17.3. The van der Waals surface area contributed by atoms with Crippen molar-refractivity contribution in [3.8, 4) is 0 Å². The van der Waals surface area contributed by atoms with E-state index in [0.717, 1.165) is 0 Å². The van der Waals surface area contributed by atoms with Crippen LogP contribution in [0.4, 0.5) is 4.39 Å².